The van der Waals surface area contributed by atoms with Crippen LogP contribution in [-0.4, -0.2) is 19.6 Å². The van der Waals surface area contributed by atoms with Crippen molar-refractivity contribution < 1.29 is 0 Å². The predicted molar refractivity (Wildman–Crippen MR) is 65.2 cm³/mol. The minimum absolute atomic E-state index is 0.694. The lowest BCUT2D eigenvalue weighted by Gasteiger charge is -2.00. The van der Waals surface area contributed by atoms with Gasteiger partial charge in [-0.1, -0.05) is 6.07 Å². The number of nitrogens with one attached hydrogen (secondary N) is 1. The van der Waals surface area contributed by atoms with Crippen molar-refractivity contribution in [1.82, 2.24) is 19.6 Å². The average molecular weight is 225 g/mol. The van der Waals surface area contributed by atoms with Crippen LogP contribution in [0.3, 0.4) is 0 Å². The van der Waals surface area contributed by atoms with E-state index in [2.05, 4.69) is 20.4 Å². The van der Waals surface area contributed by atoms with Gasteiger partial charge in [-0.25, -0.2) is 9.50 Å². The maximum atomic E-state index is 4.37. The Bertz CT molecular complexity index is 608. The summed E-state index contributed by atoms with van der Waals surface area (Å²) in [6.07, 6.45) is 5.32. The first-order valence-electron chi connectivity index (χ1n) is 5.31. The van der Waals surface area contributed by atoms with Gasteiger partial charge in [0.1, 0.15) is 5.82 Å². The minimum atomic E-state index is 0.694. The van der Waals surface area contributed by atoms with Gasteiger partial charge in [0, 0.05) is 12.3 Å². The van der Waals surface area contributed by atoms with Crippen molar-refractivity contribution in [2.24, 2.45) is 0 Å². The molecule has 0 amide bonds. The van der Waals surface area contributed by atoms with E-state index >= 15 is 0 Å². The number of pyridine rings is 1. The molecule has 0 radical (unpaired) electrons. The number of fused-ring (bicyclic) bond motifs is 1. The van der Waals surface area contributed by atoms with Gasteiger partial charge in [0.2, 0.25) is 0 Å². The van der Waals surface area contributed by atoms with Crippen LogP contribution in [0, 0.1) is 6.92 Å². The second-order valence-electron chi connectivity index (χ2n) is 3.77. The Hall–Kier alpha value is -2.43. The van der Waals surface area contributed by atoms with E-state index in [1.54, 1.807) is 12.4 Å². The molecule has 0 fully saturated rings. The fourth-order valence-corrected chi connectivity index (χ4v) is 1.59. The van der Waals surface area contributed by atoms with Crippen molar-refractivity contribution in [3.63, 3.8) is 0 Å². The standard InChI is InChI=1S/C12H11N5/c1-9-7-14-12(8-13-9)15-11-6-10-4-2-3-5-17(10)16-11/h2-8H,1H3,(H,14,15,16). The van der Waals surface area contributed by atoms with Crippen LogP contribution >= 0.6 is 0 Å². The van der Waals surface area contributed by atoms with Gasteiger partial charge >= 0.3 is 0 Å². The number of aryl methyl sites for hydroxylation is 1. The highest BCUT2D eigenvalue weighted by Gasteiger charge is 2.01. The summed E-state index contributed by atoms with van der Waals surface area (Å²) in [5.41, 5.74) is 1.93. The van der Waals surface area contributed by atoms with Crippen molar-refractivity contribution >= 4 is 17.2 Å². The van der Waals surface area contributed by atoms with Crippen molar-refractivity contribution in [2.75, 3.05) is 5.32 Å². The molecule has 3 rings (SSSR count). The smallest absolute Gasteiger partial charge is 0.154 e. The molecule has 3 aromatic rings. The normalized spacial score (nSPS) is 10.6. The van der Waals surface area contributed by atoms with E-state index in [9.17, 15) is 0 Å². The first-order valence-corrected chi connectivity index (χ1v) is 5.31. The number of hydrogen-bond donors (Lipinski definition) is 1. The van der Waals surface area contributed by atoms with Crippen LogP contribution in [0.5, 0.6) is 0 Å². The Kier molecular flexibility index (Phi) is 2.22. The molecule has 5 heteroatoms. The first kappa shape index (κ1) is 9.77. The molecule has 3 aromatic heterocycles. The van der Waals surface area contributed by atoms with E-state index in [0.717, 1.165) is 17.0 Å². The summed E-state index contributed by atoms with van der Waals surface area (Å²) in [7, 11) is 0. The van der Waals surface area contributed by atoms with Crippen LogP contribution in [0.1, 0.15) is 5.69 Å². The number of anilines is 2. The third kappa shape index (κ3) is 1.94. The van der Waals surface area contributed by atoms with Crippen molar-refractivity contribution in [2.45, 2.75) is 6.92 Å². The van der Waals surface area contributed by atoms with E-state index in [4.69, 9.17) is 0 Å². The molecule has 0 aromatic carbocycles. The highest BCUT2D eigenvalue weighted by atomic mass is 15.3. The quantitative estimate of drug-likeness (QED) is 0.726. The monoisotopic (exact) mass is 225 g/mol. The molecule has 3 heterocycles. The fraction of sp³-hybridized carbons (Fsp3) is 0.0833. The number of hydrogen-bond acceptors (Lipinski definition) is 4. The van der Waals surface area contributed by atoms with Crippen LogP contribution in [-0.2, 0) is 0 Å². The molecule has 0 saturated carbocycles. The van der Waals surface area contributed by atoms with E-state index in [0.29, 0.717) is 5.82 Å². The molecule has 0 bridgehead atoms. The molecule has 0 aliphatic carbocycles. The summed E-state index contributed by atoms with van der Waals surface area (Å²) in [5.74, 6) is 1.45. The Morgan fingerprint density at radius 3 is 2.82 bits per heavy atom. The average Bonchev–Trinajstić information content (AvgIpc) is 2.74. The van der Waals surface area contributed by atoms with E-state index in [-0.39, 0.29) is 0 Å². The first-order chi connectivity index (χ1) is 8.31. The number of nitrogens with zero attached hydrogens (tertiary/aromatic N) is 4. The summed E-state index contributed by atoms with van der Waals surface area (Å²) in [6.45, 7) is 1.90. The number of aromatic nitrogens is 4. The second-order valence-corrected chi connectivity index (χ2v) is 3.77. The highest BCUT2D eigenvalue weighted by Crippen LogP contribution is 2.14. The van der Waals surface area contributed by atoms with E-state index < -0.39 is 0 Å². The zero-order valence-corrected chi connectivity index (χ0v) is 9.33. The Labute approximate surface area is 98.1 Å². The van der Waals surface area contributed by atoms with Crippen molar-refractivity contribution in [1.29, 1.82) is 0 Å². The molecule has 5 nitrogen and oxygen atoms in total. The van der Waals surface area contributed by atoms with E-state index in [1.807, 2.05) is 41.9 Å². The zero-order chi connectivity index (χ0) is 11.7. The van der Waals surface area contributed by atoms with Gasteiger partial charge in [-0.15, -0.1) is 0 Å². The Morgan fingerprint density at radius 1 is 1.12 bits per heavy atom. The summed E-state index contributed by atoms with van der Waals surface area (Å²) >= 11 is 0. The predicted octanol–water partition coefficient (Wildman–Crippen LogP) is 2.18. The largest absolute Gasteiger partial charge is 0.322 e. The molecular weight excluding hydrogens is 214 g/mol. The third-order valence-electron chi connectivity index (χ3n) is 2.41. The highest BCUT2D eigenvalue weighted by molar-refractivity contribution is 5.60. The topological polar surface area (TPSA) is 55.1 Å². The summed E-state index contributed by atoms with van der Waals surface area (Å²) in [6, 6.07) is 7.88. The summed E-state index contributed by atoms with van der Waals surface area (Å²) in [4.78, 5) is 8.39. The van der Waals surface area contributed by atoms with Gasteiger partial charge in [-0.3, -0.25) is 4.98 Å². The maximum Gasteiger partial charge on any atom is 0.154 e. The second kappa shape index (κ2) is 3.86. The lowest BCUT2D eigenvalue weighted by atomic mass is 10.4. The van der Waals surface area contributed by atoms with Gasteiger partial charge in [0.25, 0.3) is 0 Å². The fourth-order valence-electron chi connectivity index (χ4n) is 1.59. The van der Waals surface area contributed by atoms with Crippen LogP contribution in [0.15, 0.2) is 42.9 Å². The summed E-state index contributed by atoms with van der Waals surface area (Å²) in [5, 5.41) is 7.48. The SMILES string of the molecule is Cc1cnc(Nc2cc3ccccn3n2)cn1. The molecule has 84 valence electrons. The molecule has 17 heavy (non-hydrogen) atoms. The van der Waals surface area contributed by atoms with Gasteiger partial charge in [-0.2, -0.15) is 5.10 Å². The molecular formula is C12H11N5. The lowest BCUT2D eigenvalue weighted by Crippen LogP contribution is -1.96. The van der Waals surface area contributed by atoms with Crippen molar-refractivity contribution in [3.05, 3.63) is 48.5 Å². The molecule has 0 aliphatic heterocycles. The van der Waals surface area contributed by atoms with Crippen LogP contribution in [0.4, 0.5) is 11.6 Å². The van der Waals surface area contributed by atoms with E-state index in [1.165, 1.54) is 0 Å². The Balaban J connectivity index is 1.92. The lowest BCUT2D eigenvalue weighted by molar-refractivity contribution is 0.963. The zero-order valence-electron chi connectivity index (χ0n) is 9.33. The van der Waals surface area contributed by atoms with Gasteiger partial charge in [-0.05, 0) is 19.1 Å². The molecule has 0 saturated heterocycles. The molecule has 0 spiro atoms. The van der Waals surface area contributed by atoms with Gasteiger partial charge in [0.05, 0.1) is 23.6 Å². The van der Waals surface area contributed by atoms with Crippen molar-refractivity contribution in [3.8, 4) is 0 Å². The molecule has 0 atom stereocenters. The summed E-state index contributed by atoms with van der Waals surface area (Å²) < 4.78 is 1.81. The van der Waals surface area contributed by atoms with Crippen LogP contribution in [0.2, 0.25) is 0 Å². The third-order valence-corrected chi connectivity index (χ3v) is 2.41. The van der Waals surface area contributed by atoms with Gasteiger partial charge in [0.15, 0.2) is 5.82 Å². The number of rotatable bonds is 2. The molecule has 1 N–H and O–H groups in total. The van der Waals surface area contributed by atoms with Gasteiger partial charge < -0.3 is 5.32 Å². The minimum Gasteiger partial charge on any atom is -0.322 e. The molecule has 0 aliphatic rings. The van der Waals surface area contributed by atoms with Crippen LogP contribution in [0.25, 0.3) is 5.52 Å². The molecule has 0 unspecified atom stereocenters. The van der Waals surface area contributed by atoms with Crippen LogP contribution < -0.4 is 5.32 Å². The Morgan fingerprint density at radius 2 is 2.06 bits per heavy atom. The maximum absolute atomic E-state index is 4.37.